The highest BCUT2D eigenvalue weighted by molar-refractivity contribution is 5.81. The number of likely N-dealkylation sites (N-methyl/N-ethyl adjacent to an activating group) is 1. The summed E-state index contributed by atoms with van der Waals surface area (Å²) >= 11 is 0. The highest BCUT2D eigenvalue weighted by atomic mass is 16.2. The summed E-state index contributed by atoms with van der Waals surface area (Å²) in [5, 5.41) is 6.22. The maximum absolute atomic E-state index is 11.7. The third-order valence-corrected chi connectivity index (χ3v) is 2.84. The molecular weight excluding hydrogens is 190 g/mol. The molecule has 15 heavy (non-hydrogen) atoms. The normalized spacial score (nSPS) is 26.7. The van der Waals surface area contributed by atoms with Gasteiger partial charge in [-0.05, 0) is 39.4 Å². The molecule has 1 aliphatic rings. The van der Waals surface area contributed by atoms with E-state index in [1.165, 1.54) is 6.42 Å². The van der Waals surface area contributed by atoms with Crippen molar-refractivity contribution in [1.82, 2.24) is 15.5 Å². The molecule has 2 unspecified atom stereocenters. The first-order valence-corrected chi connectivity index (χ1v) is 5.75. The van der Waals surface area contributed by atoms with E-state index >= 15 is 0 Å². The highest BCUT2D eigenvalue weighted by Crippen LogP contribution is 2.14. The van der Waals surface area contributed by atoms with Gasteiger partial charge in [0.15, 0.2) is 0 Å². The molecule has 1 heterocycles. The lowest BCUT2D eigenvalue weighted by Crippen LogP contribution is -2.49. The summed E-state index contributed by atoms with van der Waals surface area (Å²) in [6, 6.07) is 0.0240. The molecule has 1 amide bonds. The van der Waals surface area contributed by atoms with E-state index in [0.717, 1.165) is 26.1 Å². The zero-order valence-electron chi connectivity index (χ0n) is 10.0. The highest BCUT2D eigenvalue weighted by Gasteiger charge is 2.23. The standard InChI is InChI=1S/C11H23N3O/c1-9-4-5-12-10(8-9)11(15)13-6-7-14(2)3/h9-10,12H,4-8H2,1-3H3,(H,13,15). The van der Waals surface area contributed by atoms with E-state index in [4.69, 9.17) is 0 Å². The van der Waals surface area contributed by atoms with Gasteiger partial charge in [-0.2, -0.15) is 0 Å². The van der Waals surface area contributed by atoms with E-state index in [-0.39, 0.29) is 11.9 Å². The molecule has 2 N–H and O–H groups in total. The van der Waals surface area contributed by atoms with Crippen molar-refractivity contribution in [2.24, 2.45) is 5.92 Å². The first kappa shape index (κ1) is 12.5. The second-order valence-electron chi connectivity index (χ2n) is 4.73. The summed E-state index contributed by atoms with van der Waals surface area (Å²) in [6.45, 7) is 4.81. The number of amides is 1. The first-order valence-electron chi connectivity index (χ1n) is 5.75. The number of carbonyl (C=O) groups excluding carboxylic acids is 1. The van der Waals surface area contributed by atoms with Gasteiger partial charge in [0.25, 0.3) is 0 Å². The Labute approximate surface area is 92.4 Å². The third kappa shape index (κ3) is 4.62. The molecule has 0 aromatic carbocycles. The maximum Gasteiger partial charge on any atom is 0.237 e. The van der Waals surface area contributed by atoms with E-state index in [0.29, 0.717) is 5.92 Å². The number of piperidine rings is 1. The largest absolute Gasteiger partial charge is 0.353 e. The van der Waals surface area contributed by atoms with Crippen LogP contribution in [0.1, 0.15) is 19.8 Å². The van der Waals surface area contributed by atoms with Gasteiger partial charge in [-0.15, -0.1) is 0 Å². The van der Waals surface area contributed by atoms with Crippen LogP contribution in [0, 0.1) is 5.92 Å². The minimum Gasteiger partial charge on any atom is -0.353 e. The molecule has 1 aliphatic heterocycles. The molecule has 0 aliphatic carbocycles. The number of nitrogens with one attached hydrogen (secondary N) is 2. The molecule has 1 fully saturated rings. The number of hydrogen-bond donors (Lipinski definition) is 2. The average molecular weight is 213 g/mol. The Hall–Kier alpha value is -0.610. The van der Waals surface area contributed by atoms with Gasteiger partial charge in [0.2, 0.25) is 5.91 Å². The Morgan fingerprint density at radius 1 is 1.53 bits per heavy atom. The summed E-state index contributed by atoms with van der Waals surface area (Å²) in [6.07, 6.45) is 2.15. The first-order chi connectivity index (χ1) is 7.09. The Kier molecular flexibility index (Phi) is 5.05. The summed E-state index contributed by atoms with van der Waals surface area (Å²) in [5.74, 6) is 0.819. The van der Waals surface area contributed by atoms with Crippen LogP contribution in [0.25, 0.3) is 0 Å². The van der Waals surface area contributed by atoms with E-state index in [1.807, 2.05) is 14.1 Å². The summed E-state index contributed by atoms with van der Waals surface area (Å²) in [4.78, 5) is 13.8. The fourth-order valence-corrected chi connectivity index (χ4v) is 1.83. The minimum atomic E-state index is 0.0240. The molecule has 4 heteroatoms. The molecule has 4 nitrogen and oxygen atoms in total. The summed E-state index contributed by atoms with van der Waals surface area (Å²) < 4.78 is 0. The van der Waals surface area contributed by atoms with Crippen molar-refractivity contribution in [2.75, 3.05) is 33.7 Å². The molecule has 88 valence electrons. The Morgan fingerprint density at radius 2 is 2.27 bits per heavy atom. The summed E-state index contributed by atoms with van der Waals surface area (Å²) in [5.41, 5.74) is 0. The van der Waals surface area contributed by atoms with Gasteiger partial charge < -0.3 is 15.5 Å². The van der Waals surface area contributed by atoms with Crippen molar-refractivity contribution in [2.45, 2.75) is 25.8 Å². The number of nitrogens with zero attached hydrogens (tertiary/aromatic N) is 1. The number of hydrogen-bond acceptors (Lipinski definition) is 3. The predicted octanol–water partition coefficient (Wildman–Crippen LogP) is 0.0523. The van der Waals surface area contributed by atoms with Crippen LogP contribution < -0.4 is 10.6 Å². The van der Waals surface area contributed by atoms with Crippen LogP contribution in [0.4, 0.5) is 0 Å². The third-order valence-electron chi connectivity index (χ3n) is 2.84. The van der Waals surface area contributed by atoms with E-state index in [1.54, 1.807) is 0 Å². The number of carbonyl (C=O) groups is 1. The Bertz CT molecular complexity index is 206. The van der Waals surface area contributed by atoms with E-state index < -0.39 is 0 Å². The quantitative estimate of drug-likeness (QED) is 0.694. The molecule has 0 bridgehead atoms. The van der Waals surface area contributed by atoms with Gasteiger partial charge in [-0.3, -0.25) is 4.79 Å². The SMILES string of the molecule is CC1CCNC(C(=O)NCCN(C)C)C1. The van der Waals surface area contributed by atoms with Crippen molar-refractivity contribution >= 4 is 5.91 Å². The molecule has 0 spiro atoms. The van der Waals surface area contributed by atoms with Crippen LogP contribution in [0.3, 0.4) is 0 Å². The van der Waals surface area contributed by atoms with Gasteiger partial charge in [0.05, 0.1) is 6.04 Å². The van der Waals surface area contributed by atoms with Crippen LogP contribution in [0.5, 0.6) is 0 Å². The summed E-state index contributed by atoms with van der Waals surface area (Å²) in [7, 11) is 4.01. The monoisotopic (exact) mass is 213 g/mol. The van der Waals surface area contributed by atoms with E-state index in [2.05, 4.69) is 22.5 Å². The molecule has 0 aromatic heterocycles. The topological polar surface area (TPSA) is 44.4 Å². The lowest BCUT2D eigenvalue weighted by Gasteiger charge is -2.27. The van der Waals surface area contributed by atoms with Crippen molar-refractivity contribution in [1.29, 1.82) is 0 Å². The molecule has 2 atom stereocenters. The lowest BCUT2D eigenvalue weighted by atomic mass is 9.94. The van der Waals surface area contributed by atoms with Crippen LogP contribution in [-0.2, 0) is 4.79 Å². The second kappa shape index (κ2) is 6.08. The van der Waals surface area contributed by atoms with E-state index in [9.17, 15) is 4.79 Å². The molecule has 0 aromatic rings. The lowest BCUT2D eigenvalue weighted by molar-refractivity contribution is -0.124. The minimum absolute atomic E-state index is 0.0240. The second-order valence-corrected chi connectivity index (χ2v) is 4.73. The fraction of sp³-hybridized carbons (Fsp3) is 0.909. The van der Waals surface area contributed by atoms with Crippen molar-refractivity contribution < 1.29 is 4.79 Å². The Balaban J connectivity index is 2.21. The predicted molar refractivity (Wildman–Crippen MR) is 61.8 cm³/mol. The van der Waals surface area contributed by atoms with Crippen LogP contribution in [-0.4, -0.2) is 50.6 Å². The molecular formula is C11H23N3O. The molecule has 1 rings (SSSR count). The number of rotatable bonds is 4. The van der Waals surface area contributed by atoms with Crippen LogP contribution in [0.2, 0.25) is 0 Å². The molecule has 0 radical (unpaired) electrons. The van der Waals surface area contributed by atoms with Crippen LogP contribution in [0.15, 0.2) is 0 Å². The van der Waals surface area contributed by atoms with Gasteiger partial charge in [0, 0.05) is 13.1 Å². The van der Waals surface area contributed by atoms with Gasteiger partial charge in [-0.25, -0.2) is 0 Å². The maximum atomic E-state index is 11.7. The van der Waals surface area contributed by atoms with Crippen molar-refractivity contribution in [3.8, 4) is 0 Å². The molecule has 0 saturated carbocycles. The van der Waals surface area contributed by atoms with Crippen molar-refractivity contribution in [3.63, 3.8) is 0 Å². The van der Waals surface area contributed by atoms with Crippen molar-refractivity contribution in [3.05, 3.63) is 0 Å². The average Bonchev–Trinajstić information content (AvgIpc) is 2.17. The van der Waals surface area contributed by atoms with Gasteiger partial charge in [0.1, 0.15) is 0 Å². The fourth-order valence-electron chi connectivity index (χ4n) is 1.83. The van der Waals surface area contributed by atoms with Gasteiger partial charge in [-0.1, -0.05) is 6.92 Å². The Morgan fingerprint density at radius 3 is 2.87 bits per heavy atom. The zero-order valence-corrected chi connectivity index (χ0v) is 10.0. The molecule has 1 saturated heterocycles. The smallest absolute Gasteiger partial charge is 0.237 e. The van der Waals surface area contributed by atoms with Gasteiger partial charge >= 0.3 is 0 Å². The zero-order chi connectivity index (χ0) is 11.3. The van der Waals surface area contributed by atoms with Crippen LogP contribution >= 0.6 is 0 Å².